The van der Waals surface area contributed by atoms with Crippen LogP contribution in [0.1, 0.15) is 64.9 Å². The molecule has 5 rings (SSSR count). The van der Waals surface area contributed by atoms with E-state index in [2.05, 4.69) is 48.7 Å². The van der Waals surface area contributed by atoms with E-state index in [0.717, 1.165) is 39.5 Å². The van der Waals surface area contributed by atoms with Crippen LogP contribution in [0.2, 0.25) is 10.0 Å². The number of rotatable bonds is 9. The summed E-state index contributed by atoms with van der Waals surface area (Å²) in [7, 11) is 1.61. The molecule has 0 spiro atoms. The van der Waals surface area contributed by atoms with Crippen molar-refractivity contribution in [3.05, 3.63) is 95.2 Å². The summed E-state index contributed by atoms with van der Waals surface area (Å²) in [5, 5.41) is 4.86. The number of amides is 1. The largest absolute Gasteiger partial charge is 0.493 e. The lowest BCUT2D eigenvalue weighted by molar-refractivity contribution is 0.0947. The van der Waals surface area contributed by atoms with Gasteiger partial charge in [0.25, 0.3) is 5.91 Å². The fraction of sp³-hybridized carbons (Fsp3) is 0.333. The molecule has 2 aromatic carbocycles. The van der Waals surface area contributed by atoms with Gasteiger partial charge in [-0.15, -0.1) is 11.3 Å². The number of methoxy groups -OCH3 is 1. The maximum absolute atomic E-state index is 13.5. The Labute approximate surface area is 279 Å². The highest BCUT2D eigenvalue weighted by atomic mass is 127. The third kappa shape index (κ3) is 7.59. The van der Waals surface area contributed by atoms with Crippen molar-refractivity contribution in [1.82, 2.24) is 5.32 Å². The van der Waals surface area contributed by atoms with Crippen molar-refractivity contribution >= 4 is 74.3 Å². The molecule has 0 bridgehead atoms. The topological polar surface area (TPSA) is 73.1 Å². The second kappa shape index (κ2) is 13.6. The van der Waals surface area contributed by atoms with Gasteiger partial charge in [-0.25, -0.2) is 4.99 Å². The summed E-state index contributed by atoms with van der Waals surface area (Å²) in [5.74, 6) is 2.32. The Balaban J connectivity index is 1.41. The Kier molecular flexibility index (Phi) is 10.1. The summed E-state index contributed by atoms with van der Waals surface area (Å²) < 4.78 is 18.1. The first-order valence-corrected chi connectivity index (χ1v) is 16.6. The molecule has 1 atom stereocenters. The zero-order valence-electron chi connectivity index (χ0n) is 24.4. The number of furan rings is 1. The number of ether oxygens (including phenoxy) is 2. The molecule has 43 heavy (non-hydrogen) atoms. The molecule has 226 valence electrons. The van der Waals surface area contributed by atoms with Crippen LogP contribution in [0.4, 0.5) is 5.00 Å². The first-order chi connectivity index (χ1) is 20.5. The highest BCUT2D eigenvalue weighted by Gasteiger charge is 2.33. The number of carbonyl (C=O) groups excluding carboxylic acids is 1. The summed E-state index contributed by atoms with van der Waals surface area (Å²) >= 11 is 16.2. The molecule has 6 nitrogen and oxygen atoms in total. The highest BCUT2D eigenvalue weighted by Crippen LogP contribution is 2.45. The number of aliphatic imine (C=N–C) groups is 1. The van der Waals surface area contributed by atoms with Crippen LogP contribution in [0, 0.1) is 14.9 Å². The van der Waals surface area contributed by atoms with Gasteiger partial charge in [0, 0.05) is 26.7 Å². The molecule has 0 saturated carbocycles. The van der Waals surface area contributed by atoms with Crippen molar-refractivity contribution in [3.63, 3.8) is 0 Å². The number of thiophene rings is 1. The molecule has 1 aliphatic carbocycles. The molecular weight excluding hydrogens is 718 g/mol. The van der Waals surface area contributed by atoms with Crippen molar-refractivity contribution in [1.29, 1.82) is 0 Å². The Hall–Kier alpha value is -2.53. The number of fused-ring (bicyclic) bond motifs is 1. The van der Waals surface area contributed by atoms with Gasteiger partial charge in [0.1, 0.15) is 17.4 Å². The monoisotopic (exact) mass is 750 g/mol. The van der Waals surface area contributed by atoms with Crippen LogP contribution in [0.15, 0.2) is 58.1 Å². The molecule has 1 amide bonds. The van der Waals surface area contributed by atoms with Crippen LogP contribution in [0.25, 0.3) is 0 Å². The first-order valence-electron chi connectivity index (χ1n) is 14.0. The summed E-state index contributed by atoms with van der Waals surface area (Å²) in [6, 6.07) is 12.8. The SMILES string of the molecule is COc1cc(C=Nc2sc3c(c2C(=O)NCc2ccco2)CC[C@H](C(C)(C)C)C3)cc(I)c1OCc1ccc(Cl)cc1Cl. The van der Waals surface area contributed by atoms with Crippen molar-refractivity contribution in [2.24, 2.45) is 16.3 Å². The summed E-state index contributed by atoms with van der Waals surface area (Å²) in [6.07, 6.45) is 6.25. The number of carbonyl (C=O) groups is 1. The van der Waals surface area contributed by atoms with E-state index in [1.165, 1.54) is 4.88 Å². The minimum atomic E-state index is -0.132. The average Bonchev–Trinajstić information content (AvgIpc) is 3.61. The van der Waals surface area contributed by atoms with E-state index >= 15 is 0 Å². The Morgan fingerprint density at radius 1 is 1.23 bits per heavy atom. The van der Waals surface area contributed by atoms with Crippen LogP contribution < -0.4 is 14.8 Å². The van der Waals surface area contributed by atoms with Gasteiger partial charge >= 0.3 is 0 Å². The van der Waals surface area contributed by atoms with E-state index in [1.54, 1.807) is 43.1 Å². The number of nitrogens with one attached hydrogen (secondary N) is 1. The lowest BCUT2D eigenvalue weighted by atomic mass is 9.72. The van der Waals surface area contributed by atoms with Gasteiger partial charge in [0.2, 0.25) is 0 Å². The molecule has 1 aliphatic rings. The normalized spacial score (nSPS) is 15.0. The Morgan fingerprint density at radius 3 is 2.74 bits per heavy atom. The lowest BCUT2D eigenvalue weighted by Crippen LogP contribution is -2.28. The molecule has 0 aliphatic heterocycles. The Morgan fingerprint density at radius 2 is 2.05 bits per heavy atom. The third-order valence-electron chi connectivity index (χ3n) is 7.67. The van der Waals surface area contributed by atoms with Crippen molar-refractivity contribution < 1.29 is 18.7 Å². The van der Waals surface area contributed by atoms with E-state index in [0.29, 0.717) is 50.3 Å². The smallest absolute Gasteiger partial charge is 0.255 e. The molecule has 10 heteroatoms. The van der Waals surface area contributed by atoms with Gasteiger partial charge in [-0.05, 0) is 101 Å². The molecule has 0 fully saturated rings. The van der Waals surface area contributed by atoms with Gasteiger partial charge in [-0.2, -0.15) is 0 Å². The summed E-state index contributed by atoms with van der Waals surface area (Å²) in [4.78, 5) is 19.7. The van der Waals surface area contributed by atoms with E-state index in [9.17, 15) is 4.79 Å². The van der Waals surface area contributed by atoms with E-state index in [-0.39, 0.29) is 17.9 Å². The van der Waals surface area contributed by atoms with Gasteiger partial charge in [-0.3, -0.25) is 4.79 Å². The average molecular weight is 752 g/mol. The molecule has 4 aromatic rings. The van der Waals surface area contributed by atoms with Crippen molar-refractivity contribution in [3.8, 4) is 11.5 Å². The molecule has 0 radical (unpaired) electrons. The molecule has 1 N–H and O–H groups in total. The third-order valence-corrected chi connectivity index (χ3v) is 10.2. The highest BCUT2D eigenvalue weighted by molar-refractivity contribution is 14.1. The maximum Gasteiger partial charge on any atom is 0.255 e. The molecular formula is C33H33Cl2IN2O4S. The number of nitrogens with zero attached hydrogens (tertiary/aromatic N) is 1. The molecule has 2 heterocycles. The fourth-order valence-electron chi connectivity index (χ4n) is 5.18. The second-order valence-electron chi connectivity index (χ2n) is 11.6. The Bertz CT molecular complexity index is 1640. The van der Waals surface area contributed by atoms with Crippen LogP contribution in [0.5, 0.6) is 11.5 Å². The van der Waals surface area contributed by atoms with E-state index in [1.807, 2.05) is 30.3 Å². The van der Waals surface area contributed by atoms with Crippen LogP contribution >= 0.6 is 57.1 Å². The predicted molar refractivity (Wildman–Crippen MR) is 183 cm³/mol. The number of halogens is 3. The van der Waals surface area contributed by atoms with E-state index in [4.69, 9.17) is 42.1 Å². The van der Waals surface area contributed by atoms with Gasteiger partial charge in [0.15, 0.2) is 11.5 Å². The fourth-order valence-corrected chi connectivity index (χ4v) is 7.69. The van der Waals surface area contributed by atoms with Crippen LogP contribution in [-0.4, -0.2) is 19.2 Å². The van der Waals surface area contributed by atoms with Gasteiger partial charge in [0.05, 0.1) is 29.1 Å². The van der Waals surface area contributed by atoms with Gasteiger partial charge < -0.3 is 19.2 Å². The zero-order valence-corrected chi connectivity index (χ0v) is 28.9. The predicted octanol–water partition coefficient (Wildman–Crippen LogP) is 9.67. The van der Waals surface area contributed by atoms with Gasteiger partial charge in [-0.1, -0.05) is 50.0 Å². The standard InChI is InChI=1S/C33H33Cl2IN2O4S/c1-33(2,3)21-8-10-24-28(14-21)43-32(29(24)31(39)37-17-23-6-5-11-41-23)38-16-19-12-26(36)30(27(13-19)40-4)42-18-20-7-9-22(34)15-25(20)35/h5-7,9,11-13,15-16,21H,8,10,14,17-18H2,1-4H3,(H,37,39)/t21-/m0/s1. The summed E-state index contributed by atoms with van der Waals surface area (Å²) in [6.45, 7) is 7.46. The lowest BCUT2D eigenvalue weighted by Gasteiger charge is -2.33. The van der Waals surface area contributed by atoms with Crippen LogP contribution in [-0.2, 0) is 26.0 Å². The second-order valence-corrected chi connectivity index (χ2v) is 14.7. The van der Waals surface area contributed by atoms with Crippen LogP contribution in [0.3, 0.4) is 0 Å². The first kappa shape index (κ1) is 31.9. The minimum absolute atomic E-state index is 0.132. The molecule has 0 saturated heterocycles. The quantitative estimate of drug-likeness (QED) is 0.137. The van der Waals surface area contributed by atoms with E-state index < -0.39 is 0 Å². The molecule has 2 aromatic heterocycles. The van der Waals surface area contributed by atoms with Crippen molar-refractivity contribution in [2.75, 3.05) is 7.11 Å². The zero-order chi connectivity index (χ0) is 30.7. The molecule has 0 unspecified atom stereocenters. The number of benzene rings is 2. The number of hydrogen-bond acceptors (Lipinski definition) is 6. The van der Waals surface area contributed by atoms with Crippen molar-refractivity contribution in [2.45, 2.75) is 53.2 Å². The minimum Gasteiger partial charge on any atom is -0.493 e. The maximum atomic E-state index is 13.5. The number of hydrogen-bond donors (Lipinski definition) is 1. The summed E-state index contributed by atoms with van der Waals surface area (Å²) in [5.41, 5.74) is 3.63.